The molecule has 2 aromatic carbocycles. The fourth-order valence-corrected chi connectivity index (χ4v) is 3.33. The van der Waals surface area contributed by atoms with Crippen molar-refractivity contribution in [2.75, 3.05) is 12.4 Å². The first-order chi connectivity index (χ1) is 9.78. The summed E-state index contributed by atoms with van der Waals surface area (Å²) < 4.78 is 0. The maximum Gasteiger partial charge on any atom is 0.0462 e. The van der Waals surface area contributed by atoms with E-state index in [2.05, 4.69) is 55.5 Å². The summed E-state index contributed by atoms with van der Waals surface area (Å²) in [7, 11) is 0. The second-order valence-electron chi connectivity index (χ2n) is 5.19. The van der Waals surface area contributed by atoms with Crippen molar-refractivity contribution < 1.29 is 5.11 Å². The van der Waals surface area contributed by atoms with E-state index in [1.807, 2.05) is 17.8 Å². The third-order valence-electron chi connectivity index (χ3n) is 3.40. The molecule has 0 saturated carbocycles. The van der Waals surface area contributed by atoms with E-state index in [1.54, 1.807) is 0 Å². The van der Waals surface area contributed by atoms with E-state index >= 15 is 0 Å². The molecular weight excluding hydrogens is 264 g/mol. The standard InChI is InChI=1S/C18H22OS/c1-15-6-5-7-16(12-15)13-17(14-19)10-11-20-18-8-3-2-4-9-18/h2-9,12,17,19H,10-11,13-14H2,1H3. The van der Waals surface area contributed by atoms with E-state index in [0.29, 0.717) is 5.92 Å². The molecule has 0 spiro atoms. The van der Waals surface area contributed by atoms with Crippen molar-refractivity contribution in [3.8, 4) is 0 Å². The normalized spacial score (nSPS) is 12.3. The fourth-order valence-electron chi connectivity index (χ4n) is 2.29. The molecule has 20 heavy (non-hydrogen) atoms. The molecule has 1 atom stereocenters. The van der Waals surface area contributed by atoms with Gasteiger partial charge < -0.3 is 5.11 Å². The minimum atomic E-state index is 0.267. The first-order valence-corrected chi connectivity index (χ1v) is 8.10. The van der Waals surface area contributed by atoms with Gasteiger partial charge in [0.05, 0.1) is 0 Å². The summed E-state index contributed by atoms with van der Waals surface area (Å²) in [6.07, 6.45) is 2.01. The van der Waals surface area contributed by atoms with Crippen LogP contribution in [-0.4, -0.2) is 17.5 Å². The van der Waals surface area contributed by atoms with Gasteiger partial charge in [0.1, 0.15) is 0 Å². The number of benzene rings is 2. The largest absolute Gasteiger partial charge is 0.396 e. The number of thioether (sulfide) groups is 1. The summed E-state index contributed by atoms with van der Waals surface area (Å²) in [4.78, 5) is 1.31. The highest BCUT2D eigenvalue weighted by molar-refractivity contribution is 7.99. The van der Waals surface area contributed by atoms with Gasteiger partial charge >= 0.3 is 0 Å². The van der Waals surface area contributed by atoms with E-state index in [1.165, 1.54) is 16.0 Å². The molecule has 2 heteroatoms. The molecule has 1 unspecified atom stereocenters. The van der Waals surface area contributed by atoms with Crippen LogP contribution in [-0.2, 0) is 6.42 Å². The van der Waals surface area contributed by atoms with Gasteiger partial charge in [-0.05, 0) is 49.1 Å². The molecular formula is C18H22OS. The Morgan fingerprint density at radius 2 is 1.85 bits per heavy atom. The average Bonchev–Trinajstić information content (AvgIpc) is 2.47. The lowest BCUT2D eigenvalue weighted by atomic mass is 9.97. The summed E-state index contributed by atoms with van der Waals surface area (Å²) in [6.45, 7) is 2.38. The van der Waals surface area contributed by atoms with E-state index in [0.717, 1.165) is 18.6 Å². The second-order valence-corrected chi connectivity index (χ2v) is 6.36. The van der Waals surface area contributed by atoms with Gasteiger partial charge in [-0.3, -0.25) is 0 Å². The molecule has 106 valence electrons. The molecule has 1 nitrogen and oxygen atoms in total. The predicted molar refractivity (Wildman–Crippen MR) is 87.2 cm³/mol. The molecule has 2 rings (SSSR count). The van der Waals surface area contributed by atoms with Gasteiger partial charge in [0.2, 0.25) is 0 Å². The number of aliphatic hydroxyl groups excluding tert-OH is 1. The highest BCUT2D eigenvalue weighted by Crippen LogP contribution is 2.21. The van der Waals surface area contributed by atoms with Crippen molar-refractivity contribution in [3.63, 3.8) is 0 Å². The molecule has 0 bridgehead atoms. The van der Waals surface area contributed by atoms with Gasteiger partial charge in [-0.2, -0.15) is 0 Å². The lowest BCUT2D eigenvalue weighted by molar-refractivity contribution is 0.223. The summed E-state index contributed by atoms with van der Waals surface area (Å²) in [5, 5.41) is 9.54. The molecule has 0 fully saturated rings. The second kappa shape index (κ2) is 8.13. The molecule has 0 aliphatic heterocycles. The quantitative estimate of drug-likeness (QED) is 0.765. The van der Waals surface area contributed by atoms with Crippen LogP contribution < -0.4 is 0 Å². The van der Waals surface area contributed by atoms with Crippen LogP contribution in [0.3, 0.4) is 0 Å². The van der Waals surface area contributed by atoms with Crippen LogP contribution in [0.15, 0.2) is 59.5 Å². The maximum absolute atomic E-state index is 9.54. The Kier molecular flexibility index (Phi) is 6.16. The number of rotatable bonds is 7. The Morgan fingerprint density at radius 3 is 2.55 bits per heavy atom. The summed E-state index contributed by atoms with van der Waals surface area (Å²) >= 11 is 1.87. The van der Waals surface area contributed by atoms with Gasteiger partial charge in [-0.15, -0.1) is 11.8 Å². The molecule has 0 aliphatic carbocycles. The monoisotopic (exact) mass is 286 g/mol. The van der Waals surface area contributed by atoms with Crippen molar-refractivity contribution in [2.45, 2.75) is 24.7 Å². The van der Waals surface area contributed by atoms with Crippen molar-refractivity contribution in [1.82, 2.24) is 0 Å². The maximum atomic E-state index is 9.54. The predicted octanol–water partition coefficient (Wildman–Crippen LogP) is 4.33. The Morgan fingerprint density at radius 1 is 1.05 bits per heavy atom. The first kappa shape index (κ1) is 15.1. The highest BCUT2D eigenvalue weighted by Gasteiger charge is 2.09. The van der Waals surface area contributed by atoms with Gasteiger partial charge in [0.15, 0.2) is 0 Å². The van der Waals surface area contributed by atoms with Crippen LogP contribution >= 0.6 is 11.8 Å². The van der Waals surface area contributed by atoms with Gasteiger partial charge in [0, 0.05) is 11.5 Å². The average molecular weight is 286 g/mol. The minimum Gasteiger partial charge on any atom is -0.396 e. The Balaban J connectivity index is 1.80. The van der Waals surface area contributed by atoms with E-state index in [9.17, 15) is 5.11 Å². The number of hydrogen-bond donors (Lipinski definition) is 1. The van der Waals surface area contributed by atoms with Crippen LogP contribution in [0, 0.1) is 12.8 Å². The summed E-state index contributed by atoms with van der Waals surface area (Å²) in [5.74, 6) is 1.41. The zero-order valence-corrected chi connectivity index (χ0v) is 12.8. The van der Waals surface area contributed by atoms with E-state index < -0.39 is 0 Å². The lowest BCUT2D eigenvalue weighted by Crippen LogP contribution is -2.10. The Bertz CT molecular complexity index is 510. The summed E-state index contributed by atoms with van der Waals surface area (Å²) in [6, 6.07) is 19.0. The molecule has 0 aliphatic rings. The Labute approximate surface area is 126 Å². The zero-order valence-electron chi connectivity index (χ0n) is 12.0. The van der Waals surface area contributed by atoms with Crippen molar-refractivity contribution in [1.29, 1.82) is 0 Å². The fraction of sp³-hybridized carbons (Fsp3) is 0.333. The van der Waals surface area contributed by atoms with Crippen molar-refractivity contribution in [3.05, 3.63) is 65.7 Å². The smallest absolute Gasteiger partial charge is 0.0462 e. The molecule has 0 amide bonds. The third-order valence-corrected chi connectivity index (χ3v) is 4.45. The van der Waals surface area contributed by atoms with Crippen molar-refractivity contribution in [2.24, 2.45) is 5.92 Å². The van der Waals surface area contributed by atoms with E-state index in [4.69, 9.17) is 0 Å². The van der Waals surface area contributed by atoms with Crippen LogP contribution in [0.2, 0.25) is 0 Å². The van der Waals surface area contributed by atoms with E-state index in [-0.39, 0.29) is 6.61 Å². The van der Waals surface area contributed by atoms with Crippen LogP contribution in [0.5, 0.6) is 0 Å². The third kappa shape index (κ3) is 5.03. The van der Waals surface area contributed by atoms with Crippen LogP contribution in [0.1, 0.15) is 17.5 Å². The van der Waals surface area contributed by atoms with Gasteiger partial charge in [-0.1, -0.05) is 48.0 Å². The molecule has 0 aromatic heterocycles. The SMILES string of the molecule is Cc1cccc(CC(CO)CCSc2ccccc2)c1. The number of hydrogen-bond acceptors (Lipinski definition) is 2. The zero-order chi connectivity index (χ0) is 14.2. The lowest BCUT2D eigenvalue weighted by Gasteiger charge is -2.14. The molecule has 0 heterocycles. The van der Waals surface area contributed by atoms with Gasteiger partial charge in [-0.25, -0.2) is 0 Å². The summed E-state index contributed by atoms with van der Waals surface area (Å²) in [5.41, 5.74) is 2.62. The molecule has 2 aromatic rings. The van der Waals surface area contributed by atoms with Crippen molar-refractivity contribution >= 4 is 11.8 Å². The van der Waals surface area contributed by atoms with Crippen LogP contribution in [0.4, 0.5) is 0 Å². The first-order valence-electron chi connectivity index (χ1n) is 7.12. The topological polar surface area (TPSA) is 20.2 Å². The number of aliphatic hydroxyl groups is 1. The molecule has 1 N–H and O–H groups in total. The molecule has 0 radical (unpaired) electrons. The van der Waals surface area contributed by atoms with Crippen LogP contribution in [0.25, 0.3) is 0 Å². The number of aryl methyl sites for hydroxylation is 1. The van der Waals surface area contributed by atoms with Gasteiger partial charge in [0.25, 0.3) is 0 Å². The molecule has 0 saturated heterocycles. The minimum absolute atomic E-state index is 0.267. The Hall–Kier alpha value is -1.25. The highest BCUT2D eigenvalue weighted by atomic mass is 32.2.